The Morgan fingerprint density at radius 1 is 1.04 bits per heavy atom. The van der Waals surface area contributed by atoms with Crippen LogP contribution in [0.2, 0.25) is 0 Å². The van der Waals surface area contributed by atoms with Crippen molar-refractivity contribution in [1.29, 1.82) is 0 Å². The fraction of sp³-hybridized carbons (Fsp3) is 1.00. The summed E-state index contributed by atoms with van der Waals surface area (Å²) in [5.41, 5.74) is 0. The van der Waals surface area contributed by atoms with Crippen molar-refractivity contribution in [3.8, 4) is 0 Å². The summed E-state index contributed by atoms with van der Waals surface area (Å²) in [5.74, 6) is -0.187. The number of ether oxygens (including phenoxy) is 1. The van der Waals surface area contributed by atoms with Crippen molar-refractivity contribution in [3.05, 3.63) is 0 Å². The van der Waals surface area contributed by atoms with E-state index in [-0.39, 0.29) is 17.6 Å². The standard InChI is InChI=1S/C16H35NO6S/c1-5-7-8-14(6-2)11-23-12-15(18)9-17(3,4)10-16(19)13-24(20,21)22/h14-16,18-19H,5-13H2,1-4H3/p+1. The molecule has 0 saturated heterocycles. The van der Waals surface area contributed by atoms with Gasteiger partial charge in [0, 0.05) is 6.61 Å². The predicted molar refractivity (Wildman–Crippen MR) is 94.4 cm³/mol. The second-order valence-electron chi connectivity index (χ2n) is 7.31. The van der Waals surface area contributed by atoms with Crippen molar-refractivity contribution in [1.82, 2.24) is 0 Å². The molecule has 0 aromatic rings. The van der Waals surface area contributed by atoms with E-state index in [1.54, 1.807) is 14.1 Å². The van der Waals surface area contributed by atoms with E-state index in [4.69, 9.17) is 9.29 Å². The second kappa shape index (κ2) is 11.4. The molecule has 0 aliphatic heterocycles. The van der Waals surface area contributed by atoms with E-state index in [9.17, 15) is 18.6 Å². The van der Waals surface area contributed by atoms with Crippen LogP contribution in [-0.2, 0) is 14.9 Å². The third-order valence-corrected chi connectivity index (χ3v) is 4.83. The first kappa shape index (κ1) is 23.8. The smallest absolute Gasteiger partial charge is 0.267 e. The molecular weight excluding hydrogens is 334 g/mol. The van der Waals surface area contributed by atoms with E-state index in [1.807, 2.05) is 0 Å². The maximum Gasteiger partial charge on any atom is 0.267 e. The zero-order valence-electron chi connectivity index (χ0n) is 15.5. The zero-order chi connectivity index (χ0) is 18.8. The van der Waals surface area contributed by atoms with E-state index >= 15 is 0 Å². The minimum absolute atomic E-state index is 0.116. The minimum Gasteiger partial charge on any atom is -0.386 e. The number of nitrogens with zero attached hydrogens (tertiary/aromatic N) is 1. The molecule has 3 unspecified atom stereocenters. The van der Waals surface area contributed by atoms with E-state index in [0.29, 0.717) is 19.1 Å². The van der Waals surface area contributed by atoms with Gasteiger partial charge in [0.2, 0.25) is 0 Å². The highest BCUT2D eigenvalue weighted by atomic mass is 32.2. The number of likely N-dealkylation sites (N-methyl/N-ethyl adjacent to an activating group) is 1. The fourth-order valence-corrected chi connectivity index (χ4v) is 3.42. The van der Waals surface area contributed by atoms with Crippen molar-refractivity contribution in [3.63, 3.8) is 0 Å². The van der Waals surface area contributed by atoms with Crippen LogP contribution in [0, 0.1) is 5.92 Å². The van der Waals surface area contributed by atoms with Gasteiger partial charge in [-0.3, -0.25) is 4.55 Å². The lowest BCUT2D eigenvalue weighted by Gasteiger charge is -2.33. The average molecular weight is 371 g/mol. The van der Waals surface area contributed by atoms with Crippen molar-refractivity contribution in [2.45, 2.75) is 51.7 Å². The van der Waals surface area contributed by atoms with Gasteiger partial charge in [0.15, 0.2) is 0 Å². The Morgan fingerprint density at radius 2 is 1.62 bits per heavy atom. The van der Waals surface area contributed by atoms with Gasteiger partial charge in [-0.25, -0.2) is 0 Å². The molecule has 3 atom stereocenters. The molecule has 0 amide bonds. The number of hydrogen-bond donors (Lipinski definition) is 3. The highest BCUT2D eigenvalue weighted by Gasteiger charge is 2.27. The predicted octanol–water partition coefficient (Wildman–Crippen LogP) is 0.905. The summed E-state index contributed by atoms with van der Waals surface area (Å²) >= 11 is 0. The lowest BCUT2D eigenvalue weighted by molar-refractivity contribution is -0.896. The molecule has 0 aliphatic carbocycles. The zero-order valence-corrected chi connectivity index (χ0v) is 16.3. The summed E-state index contributed by atoms with van der Waals surface area (Å²) in [4.78, 5) is 0. The Hall–Kier alpha value is -0.250. The van der Waals surface area contributed by atoms with Crippen LogP contribution in [0.5, 0.6) is 0 Å². The molecule has 0 aromatic heterocycles. The first-order valence-corrected chi connectivity index (χ1v) is 10.3. The maximum atomic E-state index is 10.8. The molecule has 0 rings (SSSR count). The first-order chi connectivity index (χ1) is 11.0. The van der Waals surface area contributed by atoms with Gasteiger partial charge in [-0.2, -0.15) is 8.42 Å². The van der Waals surface area contributed by atoms with Gasteiger partial charge in [0.25, 0.3) is 10.1 Å². The van der Waals surface area contributed by atoms with Crippen molar-refractivity contribution < 1.29 is 32.4 Å². The summed E-state index contributed by atoms with van der Waals surface area (Å²) in [6, 6.07) is 0. The third-order valence-electron chi connectivity index (χ3n) is 4.02. The molecule has 8 heteroatoms. The lowest BCUT2D eigenvalue weighted by atomic mass is 10.0. The van der Waals surface area contributed by atoms with Gasteiger partial charge in [-0.05, 0) is 12.3 Å². The number of unbranched alkanes of at least 4 members (excludes halogenated alkanes) is 1. The number of aliphatic hydroxyl groups excluding tert-OH is 2. The monoisotopic (exact) mass is 370 g/mol. The molecule has 0 fully saturated rings. The van der Waals surface area contributed by atoms with Gasteiger partial charge in [0.1, 0.15) is 31.1 Å². The Kier molecular flexibility index (Phi) is 11.3. The van der Waals surface area contributed by atoms with Crippen LogP contribution in [-0.4, -0.2) is 86.0 Å². The van der Waals surface area contributed by atoms with Gasteiger partial charge in [-0.1, -0.05) is 33.1 Å². The highest BCUT2D eigenvalue weighted by molar-refractivity contribution is 7.85. The summed E-state index contributed by atoms with van der Waals surface area (Å²) in [6.07, 6.45) is 2.66. The third kappa shape index (κ3) is 13.1. The number of rotatable bonds is 14. The van der Waals surface area contributed by atoms with Crippen LogP contribution >= 0.6 is 0 Å². The number of hydrogen-bond acceptors (Lipinski definition) is 5. The van der Waals surface area contributed by atoms with Gasteiger partial charge >= 0.3 is 0 Å². The maximum absolute atomic E-state index is 10.8. The molecule has 0 radical (unpaired) electrons. The second-order valence-corrected chi connectivity index (χ2v) is 8.81. The molecule has 0 heterocycles. The van der Waals surface area contributed by atoms with Crippen LogP contribution in [0.25, 0.3) is 0 Å². The van der Waals surface area contributed by atoms with Crippen LogP contribution in [0.4, 0.5) is 0 Å². The summed E-state index contributed by atoms with van der Waals surface area (Å²) in [5, 5.41) is 19.8. The summed E-state index contributed by atoms with van der Waals surface area (Å²) in [6.45, 7) is 5.59. The van der Waals surface area contributed by atoms with Crippen LogP contribution < -0.4 is 0 Å². The number of quaternary nitrogens is 1. The topological polar surface area (TPSA) is 104 Å². The van der Waals surface area contributed by atoms with Crippen LogP contribution in [0.3, 0.4) is 0 Å². The molecule has 0 aliphatic rings. The van der Waals surface area contributed by atoms with Gasteiger partial charge in [-0.15, -0.1) is 0 Å². The first-order valence-electron chi connectivity index (χ1n) is 8.70. The Labute approximate surface area is 147 Å². The van der Waals surface area contributed by atoms with Crippen LogP contribution in [0.15, 0.2) is 0 Å². The highest BCUT2D eigenvalue weighted by Crippen LogP contribution is 2.13. The molecule has 0 spiro atoms. The minimum atomic E-state index is -4.21. The molecule has 3 N–H and O–H groups in total. The summed E-state index contributed by atoms with van der Waals surface area (Å²) < 4.78 is 36.2. The van der Waals surface area contributed by atoms with E-state index in [2.05, 4.69) is 13.8 Å². The van der Waals surface area contributed by atoms with E-state index in [0.717, 1.165) is 19.3 Å². The molecule has 146 valence electrons. The van der Waals surface area contributed by atoms with Gasteiger partial charge < -0.3 is 19.4 Å². The molecule has 0 bridgehead atoms. The van der Waals surface area contributed by atoms with Crippen LogP contribution in [0.1, 0.15) is 39.5 Å². The molecule has 0 aromatic carbocycles. The Balaban J connectivity index is 4.17. The average Bonchev–Trinajstić information content (AvgIpc) is 2.38. The van der Waals surface area contributed by atoms with E-state index in [1.165, 1.54) is 6.42 Å². The molecular formula is C16H36NO6S+. The molecule has 24 heavy (non-hydrogen) atoms. The number of aliphatic hydroxyl groups is 2. The molecule has 0 saturated carbocycles. The largest absolute Gasteiger partial charge is 0.386 e. The van der Waals surface area contributed by atoms with E-state index < -0.39 is 28.1 Å². The van der Waals surface area contributed by atoms with Crippen molar-refractivity contribution >= 4 is 10.1 Å². The van der Waals surface area contributed by atoms with Crippen molar-refractivity contribution in [2.75, 3.05) is 46.2 Å². The van der Waals surface area contributed by atoms with Crippen molar-refractivity contribution in [2.24, 2.45) is 5.92 Å². The van der Waals surface area contributed by atoms with Gasteiger partial charge in [0.05, 0.1) is 20.7 Å². The summed E-state index contributed by atoms with van der Waals surface area (Å²) in [7, 11) is -0.637. The quantitative estimate of drug-likeness (QED) is 0.310. The normalized spacial score (nSPS) is 16.8. The lowest BCUT2D eigenvalue weighted by Crippen LogP contribution is -2.51. The Morgan fingerprint density at radius 3 is 2.12 bits per heavy atom. The fourth-order valence-electron chi connectivity index (χ4n) is 2.83. The SMILES string of the molecule is CCCCC(CC)COCC(O)C[N+](C)(C)CC(O)CS(=O)(=O)O. The Bertz CT molecular complexity index is 426. The molecule has 7 nitrogen and oxygen atoms in total.